The summed E-state index contributed by atoms with van der Waals surface area (Å²) in [7, 11) is 0. The van der Waals surface area contributed by atoms with Gasteiger partial charge in [0.2, 0.25) is 0 Å². The number of benzene rings is 1. The second-order valence-corrected chi connectivity index (χ2v) is 5.74. The van der Waals surface area contributed by atoms with Gasteiger partial charge in [-0.3, -0.25) is 10.8 Å². The molecular formula is C12H10BrFIN3. The molecule has 0 fully saturated rings. The normalized spacial score (nSPS) is 12.4. The van der Waals surface area contributed by atoms with Crippen molar-refractivity contribution < 1.29 is 4.39 Å². The molecule has 0 saturated heterocycles. The lowest BCUT2D eigenvalue weighted by Gasteiger charge is -2.19. The first-order valence-electron chi connectivity index (χ1n) is 5.14. The van der Waals surface area contributed by atoms with E-state index >= 15 is 0 Å². The van der Waals surface area contributed by atoms with E-state index in [1.54, 1.807) is 12.3 Å². The molecule has 1 aromatic heterocycles. The number of pyridine rings is 1. The highest BCUT2D eigenvalue weighted by atomic mass is 127. The van der Waals surface area contributed by atoms with Crippen molar-refractivity contribution in [1.29, 1.82) is 0 Å². The van der Waals surface area contributed by atoms with Crippen LogP contribution in [0.4, 0.5) is 4.39 Å². The van der Waals surface area contributed by atoms with E-state index in [2.05, 4.69) is 48.9 Å². The summed E-state index contributed by atoms with van der Waals surface area (Å²) < 4.78 is 15.7. The molecule has 0 spiro atoms. The first-order chi connectivity index (χ1) is 8.63. The summed E-state index contributed by atoms with van der Waals surface area (Å²) in [4.78, 5) is 3.74. The van der Waals surface area contributed by atoms with E-state index < -0.39 is 6.04 Å². The van der Waals surface area contributed by atoms with Gasteiger partial charge in [0.1, 0.15) is 5.82 Å². The van der Waals surface area contributed by atoms with Gasteiger partial charge >= 0.3 is 0 Å². The first-order valence-corrected chi connectivity index (χ1v) is 7.01. The van der Waals surface area contributed by atoms with Gasteiger partial charge in [0.25, 0.3) is 0 Å². The second-order valence-electron chi connectivity index (χ2n) is 3.66. The molecule has 0 radical (unpaired) electrons. The molecule has 0 saturated carbocycles. The van der Waals surface area contributed by atoms with Gasteiger partial charge < -0.3 is 0 Å². The molecule has 0 aliphatic rings. The number of halogens is 3. The van der Waals surface area contributed by atoms with Crippen molar-refractivity contribution in [2.75, 3.05) is 0 Å². The number of hydrazine groups is 1. The maximum atomic E-state index is 13.8. The van der Waals surface area contributed by atoms with Crippen molar-refractivity contribution in [3.8, 4) is 0 Å². The Hall–Kier alpha value is -0.570. The minimum Gasteiger partial charge on any atom is -0.271 e. The predicted octanol–water partition coefficient (Wildman–Crippen LogP) is 3.14. The maximum absolute atomic E-state index is 13.8. The lowest BCUT2D eigenvalue weighted by Crippen LogP contribution is -2.30. The zero-order chi connectivity index (χ0) is 13.1. The number of nitrogens with zero attached hydrogens (tertiary/aromatic N) is 1. The Balaban J connectivity index is 2.52. The van der Waals surface area contributed by atoms with Crippen molar-refractivity contribution in [3.05, 3.63) is 61.6 Å². The van der Waals surface area contributed by atoms with Gasteiger partial charge in [0.15, 0.2) is 0 Å². The van der Waals surface area contributed by atoms with Gasteiger partial charge in [-0.05, 0) is 52.4 Å². The lowest BCUT2D eigenvalue weighted by molar-refractivity contribution is 0.554. The molecule has 1 atom stereocenters. The third kappa shape index (κ3) is 2.87. The Morgan fingerprint density at radius 3 is 2.78 bits per heavy atom. The molecule has 3 nitrogen and oxygen atoms in total. The molecule has 0 aliphatic heterocycles. The van der Waals surface area contributed by atoms with Crippen LogP contribution in [0.2, 0.25) is 0 Å². The Morgan fingerprint density at radius 1 is 1.33 bits per heavy atom. The summed E-state index contributed by atoms with van der Waals surface area (Å²) in [6.07, 6.45) is 2.73. The van der Waals surface area contributed by atoms with Gasteiger partial charge in [0.05, 0.1) is 12.2 Å². The molecule has 0 bridgehead atoms. The molecule has 1 heterocycles. The minimum absolute atomic E-state index is 0.378. The van der Waals surface area contributed by atoms with Gasteiger partial charge in [-0.1, -0.05) is 15.9 Å². The number of aromatic nitrogens is 1. The fourth-order valence-electron chi connectivity index (χ4n) is 1.70. The Bertz CT molecular complexity index is 565. The highest BCUT2D eigenvalue weighted by molar-refractivity contribution is 14.1. The minimum atomic E-state index is -0.405. The standard InChI is InChI=1S/C12H10BrFIN3/c13-7-1-2-11(15)9(5-7)12(18-16)8-3-4-17-6-10(8)14/h1-6,12,18H,16H2. The van der Waals surface area contributed by atoms with Crippen molar-refractivity contribution >= 4 is 38.5 Å². The van der Waals surface area contributed by atoms with E-state index in [-0.39, 0.29) is 5.82 Å². The SMILES string of the molecule is NNC(c1ccncc1F)c1cc(Br)ccc1I. The predicted molar refractivity (Wildman–Crippen MR) is 80.2 cm³/mol. The smallest absolute Gasteiger partial charge is 0.146 e. The zero-order valence-corrected chi connectivity index (χ0v) is 12.9. The quantitative estimate of drug-likeness (QED) is 0.454. The molecule has 2 rings (SSSR count). The van der Waals surface area contributed by atoms with E-state index in [9.17, 15) is 4.39 Å². The number of hydrogen-bond acceptors (Lipinski definition) is 3. The summed E-state index contributed by atoms with van der Waals surface area (Å²) in [6, 6.07) is 7.02. The molecule has 1 aromatic carbocycles. The molecule has 0 aliphatic carbocycles. The average Bonchev–Trinajstić information content (AvgIpc) is 2.36. The average molecular weight is 422 g/mol. The van der Waals surface area contributed by atoms with Crippen LogP contribution < -0.4 is 11.3 Å². The van der Waals surface area contributed by atoms with Crippen LogP contribution in [0.3, 0.4) is 0 Å². The third-order valence-electron chi connectivity index (χ3n) is 2.55. The third-order valence-corrected chi connectivity index (χ3v) is 4.03. The Morgan fingerprint density at radius 2 is 2.11 bits per heavy atom. The lowest BCUT2D eigenvalue weighted by atomic mass is 10.00. The summed E-state index contributed by atoms with van der Waals surface area (Å²) in [6.45, 7) is 0. The van der Waals surface area contributed by atoms with Crippen LogP contribution >= 0.6 is 38.5 Å². The van der Waals surface area contributed by atoms with Gasteiger partial charge in [-0.25, -0.2) is 9.82 Å². The maximum Gasteiger partial charge on any atom is 0.146 e. The van der Waals surface area contributed by atoms with Gasteiger partial charge in [-0.15, -0.1) is 0 Å². The van der Waals surface area contributed by atoms with Crippen LogP contribution in [0.25, 0.3) is 0 Å². The largest absolute Gasteiger partial charge is 0.271 e. The number of rotatable bonds is 3. The van der Waals surface area contributed by atoms with Crippen molar-refractivity contribution in [1.82, 2.24) is 10.4 Å². The fourth-order valence-corrected chi connectivity index (χ4v) is 2.73. The molecular weight excluding hydrogens is 412 g/mol. The molecule has 94 valence electrons. The van der Waals surface area contributed by atoms with Crippen molar-refractivity contribution in [2.24, 2.45) is 5.84 Å². The van der Waals surface area contributed by atoms with Crippen LogP contribution in [0.5, 0.6) is 0 Å². The molecule has 3 N–H and O–H groups in total. The van der Waals surface area contributed by atoms with E-state index in [1.165, 1.54) is 6.20 Å². The number of hydrogen-bond donors (Lipinski definition) is 2. The first kappa shape index (κ1) is 13.9. The highest BCUT2D eigenvalue weighted by Crippen LogP contribution is 2.29. The van der Waals surface area contributed by atoms with Crippen LogP contribution in [-0.2, 0) is 0 Å². The molecule has 6 heteroatoms. The van der Waals surface area contributed by atoms with E-state index in [4.69, 9.17) is 5.84 Å². The summed E-state index contributed by atoms with van der Waals surface area (Å²) in [5.41, 5.74) is 4.04. The topological polar surface area (TPSA) is 50.9 Å². The van der Waals surface area contributed by atoms with Gasteiger partial charge in [-0.2, -0.15) is 0 Å². The zero-order valence-electron chi connectivity index (χ0n) is 9.20. The summed E-state index contributed by atoms with van der Waals surface area (Å²) in [5, 5.41) is 0. The van der Waals surface area contributed by atoms with Crippen molar-refractivity contribution in [3.63, 3.8) is 0 Å². The van der Waals surface area contributed by atoms with Crippen LogP contribution in [0, 0.1) is 9.39 Å². The molecule has 0 amide bonds. The van der Waals surface area contributed by atoms with E-state index in [1.807, 2.05) is 18.2 Å². The molecule has 2 aromatic rings. The van der Waals surface area contributed by atoms with E-state index in [0.29, 0.717) is 5.56 Å². The summed E-state index contributed by atoms with van der Waals surface area (Å²) in [5.74, 6) is 5.19. The summed E-state index contributed by atoms with van der Waals surface area (Å²) >= 11 is 5.61. The Labute approximate surface area is 126 Å². The Kier molecular flexibility index (Phi) is 4.66. The fraction of sp³-hybridized carbons (Fsp3) is 0.0833. The number of nitrogens with two attached hydrogens (primary N) is 1. The van der Waals surface area contributed by atoms with Crippen LogP contribution in [0.15, 0.2) is 41.1 Å². The monoisotopic (exact) mass is 421 g/mol. The van der Waals surface area contributed by atoms with Crippen LogP contribution in [-0.4, -0.2) is 4.98 Å². The second kappa shape index (κ2) is 6.05. The molecule has 18 heavy (non-hydrogen) atoms. The van der Waals surface area contributed by atoms with E-state index in [0.717, 1.165) is 13.6 Å². The van der Waals surface area contributed by atoms with Crippen molar-refractivity contribution in [2.45, 2.75) is 6.04 Å². The van der Waals surface area contributed by atoms with Gasteiger partial charge in [0, 0.05) is 19.8 Å². The number of nitrogens with one attached hydrogen (secondary N) is 1. The van der Waals surface area contributed by atoms with Crippen LogP contribution in [0.1, 0.15) is 17.2 Å². The molecule has 1 unspecified atom stereocenters. The highest BCUT2D eigenvalue weighted by Gasteiger charge is 2.19.